The molecule has 0 bridgehead atoms. The standard InChI is InChI=1S/C6H11P/c1-3-5-6(4-2)7-5/h7H,3-4H2,1-2H3. The number of hydrogen-bond acceptors (Lipinski definition) is 0. The van der Waals surface area contributed by atoms with Gasteiger partial charge in [0.1, 0.15) is 0 Å². The minimum absolute atomic E-state index is 1.15. The predicted molar refractivity (Wildman–Crippen MR) is 35.9 cm³/mol. The zero-order chi connectivity index (χ0) is 5.28. The Bertz CT molecular complexity index is 90.7. The normalized spacial score (nSPS) is 18.0. The molecule has 0 nitrogen and oxygen atoms in total. The van der Waals surface area contributed by atoms with Crippen LogP contribution in [-0.2, 0) is 0 Å². The summed E-state index contributed by atoms with van der Waals surface area (Å²) in [4.78, 5) is 0. The topological polar surface area (TPSA) is 0 Å². The van der Waals surface area contributed by atoms with E-state index in [1.807, 2.05) is 0 Å². The Labute approximate surface area is 46.8 Å². The van der Waals surface area contributed by atoms with Gasteiger partial charge < -0.3 is 0 Å². The summed E-state index contributed by atoms with van der Waals surface area (Å²) in [5, 5.41) is 3.48. The average molecular weight is 114 g/mol. The second-order valence-corrected chi connectivity index (χ2v) is 3.25. The van der Waals surface area contributed by atoms with Gasteiger partial charge in [0.05, 0.1) is 0 Å². The Hall–Kier alpha value is 0.170. The summed E-state index contributed by atoms with van der Waals surface area (Å²) >= 11 is 0. The molecule has 0 fully saturated rings. The van der Waals surface area contributed by atoms with Gasteiger partial charge in [0, 0.05) is 0 Å². The van der Waals surface area contributed by atoms with Crippen LogP contribution in [0.1, 0.15) is 26.7 Å². The summed E-state index contributed by atoms with van der Waals surface area (Å²) in [6.07, 6.45) is 2.61. The van der Waals surface area contributed by atoms with E-state index in [4.69, 9.17) is 0 Å². The highest BCUT2D eigenvalue weighted by Gasteiger charge is 2.15. The predicted octanol–water partition coefficient (Wildman–Crippen LogP) is 2.71. The minimum Gasteiger partial charge on any atom is -0.0673 e. The van der Waals surface area contributed by atoms with Gasteiger partial charge in [0.2, 0.25) is 0 Å². The number of hydrogen-bond donors (Lipinski definition) is 0. The maximum Gasteiger partial charge on any atom is -0.0299 e. The lowest BCUT2D eigenvalue weighted by molar-refractivity contribution is 1.16. The molecule has 1 heteroatoms. The molecule has 0 aromatic carbocycles. The molecule has 0 saturated carbocycles. The molecule has 0 unspecified atom stereocenters. The summed E-state index contributed by atoms with van der Waals surface area (Å²) in [6.45, 7) is 4.48. The molecule has 0 N–H and O–H groups in total. The van der Waals surface area contributed by atoms with Gasteiger partial charge in [0.25, 0.3) is 0 Å². The van der Waals surface area contributed by atoms with Crippen molar-refractivity contribution >= 4 is 8.58 Å². The van der Waals surface area contributed by atoms with E-state index in [0.29, 0.717) is 0 Å². The van der Waals surface area contributed by atoms with Gasteiger partial charge >= 0.3 is 0 Å². The SMILES string of the molecule is CCC1=C(CC)P1. The first-order valence-corrected chi connectivity index (χ1v) is 3.87. The van der Waals surface area contributed by atoms with E-state index in [-0.39, 0.29) is 0 Å². The fraction of sp³-hybridized carbons (Fsp3) is 0.667. The van der Waals surface area contributed by atoms with Crippen LogP contribution < -0.4 is 0 Å². The summed E-state index contributed by atoms with van der Waals surface area (Å²) < 4.78 is 0. The molecule has 1 aliphatic heterocycles. The van der Waals surface area contributed by atoms with Gasteiger partial charge in [-0.15, -0.1) is 0 Å². The van der Waals surface area contributed by atoms with Crippen LogP contribution in [0.4, 0.5) is 0 Å². The van der Waals surface area contributed by atoms with E-state index in [9.17, 15) is 0 Å². The van der Waals surface area contributed by atoms with Crippen molar-refractivity contribution in [2.45, 2.75) is 26.7 Å². The van der Waals surface area contributed by atoms with Crippen molar-refractivity contribution in [2.24, 2.45) is 0 Å². The average Bonchev–Trinajstić information content (AvgIpc) is 2.43. The summed E-state index contributed by atoms with van der Waals surface area (Å²) in [5.74, 6) is 0. The monoisotopic (exact) mass is 114 g/mol. The molecule has 1 aliphatic rings. The molecule has 0 amide bonds. The molecule has 0 saturated heterocycles. The van der Waals surface area contributed by atoms with Crippen molar-refractivity contribution in [1.29, 1.82) is 0 Å². The number of allylic oxidation sites excluding steroid dienone is 2. The molecule has 0 spiro atoms. The molecular weight excluding hydrogens is 103 g/mol. The van der Waals surface area contributed by atoms with E-state index in [2.05, 4.69) is 13.8 Å². The summed E-state index contributed by atoms with van der Waals surface area (Å²) in [6, 6.07) is 0. The van der Waals surface area contributed by atoms with Crippen molar-refractivity contribution in [3.63, 3.8) is 0 Å². The quantitative estimate of drug-likeness (QED) is 0.484. The van der Waals surface area contributed by atoms with Gasteiger partial charge in [0.15, 0.2) is 0 Å². The third-order valence-electron chi connectivity index (χ3n) is 1.31. The lowest BCUT2D eigenvalue weighted by Crippen LogP contribution is -1.51. The molecule has 0 aromatic rings. The highest BCUT2D eigenvalue weighted by Crippen LogP contribution is 2.55. The largest absolute Gasteiger partial charge is 0.0673 e. The zero-order valence-corrected chi connectivity index (χ0v) is 5.91. The maximum atomic E-state index is 2.24. The summed E-state index contributed by atoms with van der Waals surface area (Å²) in [5.41, 5.74) is 0. The minimum atomic E-state index is 1.15. The van der Waals surface area contributed by atoms with Crippen LogP contribution >= 0.6 is 8.58 Å². The zero-order valence-electron chi connectivity index (χ0n) is 4.91. The van der Waals surface area contributed by atoms with Crippen LogP contribution in [0.25, 0.3) is 0 Å². The van der Waals surface area contributed by atoms with Crippen LogP contribution in [0, 0.1) is 0 Å². The molecule has 1 rings (SSSR count). The van der Waals surface area contributed by atoms with Crippen LogP contribution in [0.5, 0.6) is 0 Å². The Morgan fingerprint density at radius 2 is 1.57 bits per heavy atom. The second-order valence-electron chi connectivity index (χ2n) is 1.79. The third kappa shape index (κ3) is 1.04. The number of rotatable bonds is 2. The molecule has 0 aromatic heterocycles. The molecule has 1 heterocycles. The Kier molecular flexibility index (Phi) is 1.49. The maximum absolute atomic E-state index is 2.24. The van der Waals surface area contributed by atoms with E-state index in [1.165, 1.54) is 12.8 Å². The summed E-state index contributed by atoms with van der Waals surface area (Å²) in [7, 11) is 1.15. The Morgan fingerprint density at radius 1 is 1.14 bits per heavy atom. The fourth-order valence-electron chi connectivity index (χ4n) is 0.754. The first kappa shape index (κ1) is 5.31. The van der Waals surface area contributed by atoms with E-state index >= 15 is 0 Å². The van der Waals surface area contributed by atoms with E-state index < -0.39 is 0 Å². The van der Waals surface area contributed by atoms with Crippen molar-refractivity contribution in [3.8, 4) is 0 Å². The van der Waals surface area contributed by atoms with Crippen molar-refractivity contribution in [1.82, 2.24) is 0 Å². The third-order valence-corrected chi connectivity index (χ3v) is 2.97. The first-order chi connectivity index (χ1) is 3.38. The lowest BCUT2D eigenvalue weighted by Gasteiger charge is -1.70. The molecule has 7 heavy (non-hydrogen) atoms. The van der Waals surface area contributed by atoms with E-state index in [1.54, 1.807) is 10.6 Å². The second kappa shape index (κ2) is 1.96. The molecule has 0 aliphatic carbocycles. The van der Waals surface area contributed by atoms with Crippen LogP contribution in [-0.4, -0.2) is 0 Å². The van der Waals surface area contributed by atoms with Crippen LogP contribution in [0.2, 0.25) is 0 Å². The highest BCUT2D eigenvalue weighted by molar-refractivity contribution is 7.56. The lowest BCUT2D eigenvalue weighted by atomic mass is 10.4. The van der Waals surface area contributed by atoms with Gasteiger partial charge in [-0.3, -0.25) is 0 Å². The van der Waals surface area contributed by atoms with E-state index in [0.717, 1.165) is 8.58 Å². The van der Waals surface area contributed by atoms with Crippen molar-refractivity contribution in [3.05, 3.63) is 10.6 Å². The van der Waals surface area contributed by atoms with Gasteiger partial charge in [-0.25, -0.2) is 0 Å². The Morgan fingerprint density at radius 3 is 1.71 bits per heavy atom. The van der Waals surface area contributed by atoms with Crippen LogP contribution in [0.15, 0.2) is 10.6 Å². The molecular formula is C6H11P. The molecule has 40 valence electrons. The molecule has 0 radical (unpaired) electrons. The fourth-order valence-corrected chi connectivity index (χ4v) is 1.76. The Balaban J connectivity index is 2.32. The smallest absolute Gasteiger partial charge is 0.0299 e. The van der Waals surface area contributed by atoms with Gasteiger partial charge in [-0.2, -0.15) is 0 Å². The highest BCUT2D eigenvalue weighted by atomic mass is 31.1. The molecule has 0 atom stereocenters. The van der Waals surface area contributed by atoms with Crippen molar-refractivity contribution in [2.75, 3.05) is 0 Å². The first-order valence-electron chi connectivity index (χ1n) is 2.87. The van der Waals surface area contributed by atoms with Crippen LogP contribution in [0.3, 0.4) is 0 Å². The van der Waals surface area contributed by atoms with Gasteiger partial charge in [-0.1, -0.05) is 22.4 Å². The van der Waals surface area contributed by atoms with Crippen molar-refractivity contribution < 1.29 is 0 Å². The van der Waals surface area contributed by atoms with Gasteiger partial charge in [-0.05, 0) is 23.5 Å².